The van der Waals surface area contributed by atoms with Gasteiger partial charge in [-0.1, -0.05) is 23.2 Å². The summed E-state index contributed by atoms with van der Waals surface area (Å²) >= 11 is 17.1. The summed E-state index contributed by atoms with van der Waals surface area (Å²) in [5.41, 5.74) is 0.0701. The van der Waals surface area contributed by atoms with E-state index < -0.39 is 17.6 Å². The smallest absolute Gasteiger partial charge is 0.370 e. The molecule has 0 spiro atoms. The predicted octanol–water partition coefficient (Wildman–Crippen LogP) is 6.13. The minimum atomic E-state index is -4.50. The first-order valence-electron chi connectivity index (χ1n) is 9.19. The number of alkyl halides is 3. The van der Waals surface area contributed by atoms with Crippen LogP contribution >= 0.6 is 35.4 Å². The Balaban J connectivity index is 1.83. The molecule has 0 aromatic heterocycles. The minimum Gasteiger partial charge on any atom is -0.370 e. The van der Waals surface area contributed by atoms with Gasteiger partial charge in [-0.15, -0.1) is 0 Å². The molecule has 0 radical (unpaired) electrons. The van der Waals surface area contributed by atoms with Crippen LogP contribution in [0.3, 0.4) is 0 Å². The number of hydrogen-bond donors (Lipinski definition) is 2. The number of thiocarbonyl (C=S) groups is 1. The molecule has 1 aliphatic heterocycles. The van der Waals surface area contributed by atoms with E-state index in [0.29, 0.717) is 10.7 Å². The first kappa shape index (κ1) is 22.7. The van der Waals surface area contributed by atoms with Gasteiger partial charge in [-0.25, -0.2) is 0 Å². The zero-order valence-corrected chi connectivity index (χ0v) is 18.0. The lowest BCUT2D eigenvalue weighted by molar-refractivity contribution is -0.137. The fourth-order valence-electron chi connectivity index (χ4n) is 3.22. The van der Waals surface area contributed by atoms with Crippen LogP contribution in [-0.2, 0) is 6.18 Å². The fraction of sp³-hybridized carbons (Fsp3) is 0.300. The first-order chi connectivity index (χ1) is 14.1. The molecule has 0 atom stereocenters. The van der Waals surface area contributed by atoms with E-state index in [9.17, 15) is 18.0 Å². The molecular weight excluding hydrogens is 458 g/mol. The van der Waals surface area contributed by atoms with Gasteiger partial charge in [-0.2, -0.15) is 13.2 Å². The number of nitrogens with one attached hydrogen (secondary N) is 2. The molecule has 1 amide bonds. The van der Waals surface area contributed by atoms with Gasteiger partial charge in [0.15, 0.2) is 5.11 Å². The van der Waals surface area contributed by atoms with Gasteiger partial charge in [0, 0.05) is 18.1 Å². The highest BCUT2D eigenvalue weighted by Gasteiger charge is 2.31. The van der Waals surface area contributed by atoms with Crippen molar-refractivity contribution in [2.45, 2.75) is 25.4 Å². The largest absolute Gasteiger partial charge is 0.416 e. The molecule has 0 unspecified atom stereocenters. The Kier molecular flexibility index (Phi) is 7.10. The van der Waals surface area contributed by atoms with Crippen LogP contribution in [0.1, 0.15) is 35.2 Å². The lowest BCUT2D eigenvalue weighted by Gasteiger charge is -2.31. The molecule has 3 rings (SSSR count). The van der Waals surface area contributed by atoms with Crippen molar-refractivity contribution in [3.05, 3.63) is 57.6 Å². The van der Waals surface area contributed by atoms with Gasteiger partial charge in [-0.05, 0) is 67.9 Å². The molecule has 4 nitrogen and oxygen atoms in total. The van der Waals surface area contributed by atoms with Crippen molar-refractivity contribution in [2.75, 3.05) is 23.3 Å². The number of anilines is 2. The van der Waals surface area contributed by atoms with Gasteiger partial charge in [0.2, 0.25) is 0 Å². The first-order valence-corrected chi connectivity index (χ1v) is 10.3. The highest BCUT2D eigenvalue weighted by atomic mass is 35.5. The third kappa shape index (κ3) is 5.56. The summed E-state index contributed by atoms with van der Waals surface area (Å²) in [5, 5.41) is 5.52. The van der Waals surface area contributed by atoms with Crippen molar-refractivity contribution >= 4 is 57.8 Å². The number of amides is 1. The van der Waals surface area contributed by atoms with Crippen LogP contribution < -0.4 is 15.5 Å². The summed E-state index contributed by atoms with van der Waals surface area (Å²) < 4.78 is 39.7. The van der Waals surface area contributed by atoms with Crippen molar-refractivity contribution in [3.8, 4) is 0 Å². The summed E-state index contributed by atoms with van der Waals surface area (Å²) in [5.74, 6) is -0.619. The number of rotatable bonds is 3. The van der Waals surface area contributed by atoms with Crippen LogP contribution in [0.4, 0.5) is 24.5 Å². The average molecular weight is 476 g/mol. The van der Waals surface area contributed by atoms with Crippen molar-refractivity contribution < 1.29 is 18.0 Å². The second-order valence-electron chi connectivity index (χ2n) is 6.81. The molecule has 2 N–H and O–H groups in total. The monoisotopic (exact) mass is 475 g/mol. The highest BCUT2D eigenvalue weighted by Crippen LogP contribution is 2.36. The van der Waals surface area contributed by atoms with Crippen LogP contribution in [0.25, 0.3) is 0 Å². The number of piperidine rings is 1. The molecule has 0 aliphatic carbocycles. The van der Waals surface area contributed by atoms with E-state index in [2.05, 4.69) is 10.6 Å². The van der Waals surface area contributed by atoms with E-state index in [1.807, 2.05) is 4.90 Å². The van der Waals surface area contributed by atoms with Gasteiger partial charge in [0.1, 0.15) is 0 Å². The normalized spacial score (nSPS) is 14.4. The van der Waals surface area contributed by atoms with Crippen molar-refractivity contribution in [2.24, 2.45) is 0 Å². The van der Waals surface area contributed by atoms with Gasteiger partial charge in [0.05, 0.1) is 27.5 Å². The van der Waals surface area contributed by atoms with Gasteiger partial charge < -0.3 is 10.2 Å². The molecule has 1 aliphatic rings. The summed E-state index contributed by atoms with van der Waals surface area (Å²) in [6, 6.07) is 7.85. The zero-order valence-electron chi connectivity index (χ0n) is 15.7. The maximum atomic E-state index is 13.2. The van der Waals surface area contributed by atoms with E-state index >= 15 is 0 Å². The lowest BCUT2D eigenvalue weighted by atomic mass is 10.1. The number of hydrogen-bond acceptors (Lipinski definition) is 3. The Hall–Kier alpha value is -2.03. The number of halogens is 5. The maximum Gasteiger partial charge on any atom is 0.416 e. The molecule has 10 heteroatoms. The summed E-state index contributed by atoms with van der Waals surface area (Å²) in [7, 11) is 0. The fourth-order valence-corrected chi connectivity index (χ4v) is 3.80. The van der Waals surface area contributed by atoms with Crippen LogP contribution in [-0.4, -0.2) is 24.1 Å². The van der Waals surface area contributed by atoms with Crippen LogP contribution in [0.5, 0.6) is 0 Å². The quantitative estimate of drug-likeness (QED) is 0.524. The molecule has 0 bridgehead atoms. The minimum absolute atomic E-state index is 0.105. The second-order valence-corrected chi connectivity index (χ2v) is 8.06. The lowest BCUT2D eigenvalue weighted by Crippen LogP contribution is -2.35. The Morgan fingerprint density at radius 1 is 1.03 bits per heavy atom. The van der Waals surface area contributed by atoms with E-state index in [-0.39, 0.29) is 21.4 Å². The van der Waals surface area contributed by atoms with Gasteiger partial charge >= 0.3 is 6.18 Å². The molecule has 30 heavy (non-hydrogen) atoms. The van der Waals surface area contributed by atoms with E-state index in [0.717, 1.165) is 44.5 Å². The highest BCUT2D eigenvalue weighted by molar-refractivity contribution is 7.80. The molecule has 2 aromatic rings. The molecule has 1 heterocycles. The van der Waals surface area contributed by atoms with Gasteiger partial charge in [-0.3, -0.25) is 10.1 Å². The van der Waals surface area contributed by atoms with Crippen LogP contribution in [0.2, 0.25) is 10.0 Å². The Bertz CT molecular complexity index is 963. The van der Waals surface area contributed by atoms with Crippen LogP contribution in [0.15, 0.2) is 36.4 Å². The standard InChI is InChI=1S/C20H18Cl2F3N3OS/c21-13-5-6-15(22)14(11-13)18(29)27-19(30)26-16-10-12(20(23,24)25)4-7-17(16)28-8-2-1-3-9-28/h4-7,10-11H,1-3,8-9H2,(H2,26,27,29,30). The predicted molar refractivity (Wildman–Crippen MR) is 118 cm³/mol. The molecule has 160 valence electrons. The SMILES string of the molecule is O=C(NC(=S)Nc1cc(C(F)(F)F)ccc1N1CCCCC1)c1cc(Cl)ccc1Cl. The summed E-state index contributed by atoms with van der Waals surface area (Å²) in [4.78, 5) is 14.5. The van der Waals surface area contributed by atoms with Crippen molar-refractivity contribution in [3.63, 3.8) is 0 Å². The summed E-state index contributed by atoms with van der Waals surface area (Å²) in [6.07, 6.45) is -1.52. The molecule has 1 fully saturated rings. The number of carbonyl (C=O) groups excluding carboxylic acids is 1. The third-order valence-corrected chi connectivity index (χ3v) is 5.44. The Morgan fingerprint density at radius 2 is 1.73 bits per heavy atom. The zero-order chi connectivity index (χ0) is 21.9. The number of benzene rings is 2. The third-order valence-electron chi connectivity index (χ3n) is 4.67. The van der Waals surface area contributed by atoms with E-state index in [1.165, 1.54) is 24.3 Å². The maximum absolute atomic E-state index is 13.2. The van der Waals surface area contributed by atoms with Gasteiger partial charge in [0.25, 0.3) is 5.91 Å². The van der Waals surface area contributed by atoms with Crippen molar-refractivity contribution in [1.29, 1.82) is 0 Å². The molecule has 1 saturated heterocycles. The van der Waals surface area contributed by atoms with E-state index in [4.69, 9.17) is 35.4 Å². The second kappa shape index (κ2) is 9.41. The summed E-state index contributed by atoms with van der Waals surface area (Å²) in [6.45, 7) is 1.47. The molecule has 2 aromatic carbocycles. The number of nitrogens with zero attached hydrogens (tertiary/aromatic N) is 1. The number of carbonyl (C=O) groups is 1. The average Bonchev–Trinajstić information content (AvgIpc) is 2.69. The Labute approximate surface area is 187 Å². The van der Waals surface area contributed by atoms with Crippen molar-refractivity contribution in [1.82, 2.24) is 5.32 Å². The molecule has 0 saturated carbocycles. The van der Waals surface area contributed by atoms with Crippen LogP contribution in [0, 0.1) is 0 Å². The topological polar surface area (TPSA) is 44.4 Å². The van der Waals surface area contributed by atoms with E-state index in [1.54, 1.807) is 0 Å². The Morgan fingerprint density at radius 3 is 2.40 bits per heavy atom. The molecular formula is C20H18Cl2F3N3OS.